The van der Waals surface area contributed by atoms with E-state index in [1.807, 2.05) is 6.92 Å². The average molecular weight is 160 g/mol. The van der Waals surface area contributed by atoms with Crippen LogP contribution < -0.4 is 0 Å². The van der Waals surface area contributed by atoms with Gasteiger partial charge in [0.2, 0.25) is 0 Å². The van der Waals surface area contributed by atoms with Gasteiger partial charge in [0.15, 0.2) is 6.29 Å². The Labute approximate surface area is 69.6 Å². The maximum absolute atomic E-state index is 9.03. The topological polar surface area (TPSA) is 29.5 Å². The summed E-state index contributed by atoms with van der Waals surface area (Å²) in [4.78, 5) is 0. The van der Waals surface area contributed by atoms with Gasteiger partial charge >= 0.3 is 0 Å². The lowest BCUT2D eigenvalue weighted by atomic mass is 9.93. The molecule has 0 saturated heterocycles. The summed E-state index contributed by atoms with van der Waals surface area (Å²) < 4.78 is 5.12. The van der Waals surface area contributed by atoms with Crippen LogP contribution in [0.25, 0.3) is 0 Å². The Balaban J connectivity index is 3.28. The number of aliphatic hydroxyl groups excluding tert-OH is 1. The van der Waals surface area contributed by atoms with E-state index in [-0.39, 0.29) is 0 Å². The lowest BCUT2D eigenvalue weighted by Gasteiger charge is -2.18. The summed E-state index contributed by atoms with van der Waals surface area (Å²) in [6.45, 7) is 9.04. The first-order valence-electron chi connectivity index (χ1n) is 4.25. The minimum absolute atomic E-state index is 0.299. The van der Waals surface area contributed by atoms with Crippen LogP contribution in [0.5, 0.6) is 0 Å². The molecule has 0 spiro atoms. The molecule has 0 fully saturated rings. The molecule has 0 aliphatic rings. The molecule has 0 amide bonds. The highest BCUT2D eigenvalue weighted by molar-refractivity contribution is 4.59. The zero-order valence-corrected chi connectivity index (χ0v) is 8.05. The Morgan fingerprint density at radius 1 is 1.36 bits per heavy atom. The van der Waals surface area contributed by atoms with Crippen LogP contribution in [0, 0.1) is 5.41 Å². The Morgan fingerprint density at radius 3 is 2.27 bits per heavy atom. The number of hydrogen-bond donors (Lipinski definition) is 1. The van der Waals surface area contributed by atoms with Gasteiger partial charge in [-0.05, 0) is 18.3 Å². The second-order valence-corrected chi connectivity index (χ2v) is 4.04. The quantitative estimate of drug-likeness (QED) is 0.639. The summed E-state index contributed by atoms with van der Waals surface area (Å²) in [5.74, 6) is 0. The van der Waals surface area contributed by atoms with Crippen LogP contribution in [-0.2, 0) is 4.74 Å². The number of aliphatic hydroxyl groups is 1. The van der Waals surface area contributed by atoms with Gasteiger partial charge in [-0.3, -0.25) is 0 Å². The van der Waals surface area contributed by atoms with Gasteiger partial charge < -0.3 is 9.84 Å². The SMILES string of the molecule is CCC(O)OCCC(C)(C)C. The first kappa shape index (κ1) is 10.9. The number of ether oxygens (including phenoxy) is 1. The van der Waals surface area contributed by atoms with Crippen molar-refractivity contribution in [3.63, 3.8) is 0 Å². The highest BCUT2D eigenvalue weighted by atomic mass is 16.6. The van der Waals surface area contributed by atoms with E-state index in [1.165, 1.54) is 0 Å². The third-order valence-electron chi connectivity index (χ3n) is 1.51. The molecule has 0 rings (SSSR count). The smallest absolute Gasteiger partial charge is 0.154 e. The molecule has 1 N–H and O–H groups in total. The highest BCUT2D eigenvalue weighted by Gasteiger charge is 2.10. The average Bonchev–Trinajstić information content (AvgIpc) is 1.85. The fourth-order valence-electron chi connectivity index (χ4n) is 0.619. The predicted octanol–water partition coefficient (Wildman–Crippen LogP) is 2.17. The molecule has 1 unspecified atom stereocenters. The monoisotopic (exact) mass is 160 g/mol. The molecule has 0 saturated carbocycles. The molecule has 2 heteroatoms. The van der Waals surface area contributed by atoms with Crippen molar-refractivity contribution in [1.29, 1.82) is 0 Å². The number of hydrogen-bond acceptors (Lipinski definition) is 2. The molecule has 0 aromatic heterocycles. The molecule has 0 heterocycles. The fraction of sp³-hybridized carbons (Fsp3) is 1.00. The Bertz CT molecular complexity index is 94.2. The van der Waals surface area contributed by atoms with Gasteiger partial charge in [-0.2, -0.15) is 0 Å². The Hall–Kier alpha value is -0.0800. The first-order chi connectivity index (χ1) is 4.95. The summed E-state index contributed by atoms with van der Waals surface area (Å²) in [5.41, 5.74) is 0.299. The summed E-state index contributed by atoms with van der Waals surface area (Å²) in [7, 11) is 0. The third-order valence-corrected chi connectivity index (χ3v) is 1.51. The van der Waals surface area contributed by atoms with Gasteiger partial charge in [-0.1, -0.05) is 27.7 Å². The lowest BCUT2D eigenvalue weighted by Crippen LogP contribution is -2.15. The highest BCUT2D eigenvalue weighted by Crippen LogP contribution is 2.18. The largest absolute Gasteiger partial charge is 0.368 e. The van der Waals surface area contributed by atoms with Crippen molar-refractivity contribution in [3.8, 4) is 0 Å². The number of rotatable bonds is 4. The van der Waals surface area contributed by atoms with Crippen LogP contribution in [0.1, 0.15) is 40.5 Å². The lowest BCUT2D eigenvalue weighted by molar-refractivity contribution is -0.105. The van der Waals surface area contributed by atoms with E-state index in [1.54, 1.807) is 0 Å². The minimum atomic E-state index is -0.572. The summed E-state index contributed by atoms with van der Waals surface area (Å²) >= 11 is 0. The predicted molar refractivity (Wildman–Crippen MR) is 46.3 cm³/mol. The second-order valence-electron chi connectivity index (χ2n) is 4.04. The molecule has 0 radical (unpaired) electrons. The van der Waals surface area contributed by atoms with E-state index in [0.717, 1.165) is 6.42 Å². The van der Waals surface area contributed by atoms with E-state index in [2.05, 4.69) is 20.8 Å². The second kappa shape index (κ2) is 4.73. The normalized spacial score (nSPS) is 15.0. The fourth-order valence-corrected chi connectivity index (χ4v) is 0.619. The molecule has 11 heavy (non-hydrogen) atoms. The van der Waals surface area contributed by atoms with Gasteiger partial charge in [0.1, 0.15) is 0 Å². The first-order valence-corrected chi connectivity index (χ1v) is 4.25. The van der Waals surface area contributed by atoms with E-state index < -0.39 is 6.29 Å². The molecule has 68 valence electrons. The van der Waals surface area contributed by atoms with E-state index in [0.29, 0.717) is 18.4 Å². The molecule has 1 atom stereocenters. The van der Waals surface area contributed by atoms with Crippen LogP contribution in [0.3, 0.4) is 0 Å². The van der Waals surface area contributed by atoms with Gasteiger partial charge in [-0.15, -0.1) is 0 Å². The molecular weight excluding hydrogens is 140 g/mol. The molecule has 2 nitrogen and oxygen atoms in total. The standard InChI is InChI=1S/C9H20O2/c1-5-8(10)11-7-6-9(2,3)4/h8,10H,5-7H2,1-4H3. The summed E-state index contributed by atoms with van der Waals surface area (Å²) in [5, 5.41) is 9.03. The molecule has 0 aliphatic heterocycles. The van der Waals surface area contributed by atoms with Gasteiger partial charge in [0.25, 0.3) is 0 Å². The molecule has 0 aromatic rings. The van der Waals surface area contributed by atoms with Crippen molar-refractivity contribution in [2.45, 2.75) is 46.8 Å². The molecule has 0 aromatic carbocycles. The van der Waals surface area contributed by atoms with Crippen LogP contribution in [-0.4, -0.2) is 18.0 Å². The van der Waals surface area contributed by atoms with Crippen molar-refractivity contribution in [2.24, 2.45) is 5.41 Å². The zero-order chi connectivity index (χ0) is 8.91. The van der Waals surface area contributed by atoms with E-state index in [9.17, 15) is 0 Å². The Kier molecular flexibility index (Phi) is 4.69. The van der Waals surface area contributed by atoms with Crippen LogP contribution in [0.2, 0.25) is 0 Å². The van der Waals surface area contributed by atoms with Crippen molar-refractivity contribution < 1.29 is 9.84 Å². The molecule has 0 aliphatic carbocycles. The van der Waals surface area contributed by atoms with Gasteiger partial charge in [-0.25, -0.2) is 0 Å². The van der Waals surface area contributed by atoms with Gasteiger partial charge in [0, 0.05) is 0 Å². The zero-order valence-electron chi connectivity index (χ0n) is 8.05. The van der Waals surface area contributed by atoms with Crippen molar-refractivity contribution in [1.82, 2.24) is 0 Å². The van der Waals surface area contributed by atoms with E-state index in [4.69, 9.17) is 9.84 Å². The minimum Gasteiger partial charge on any atom is -0.368 e. The van der Waals surface area contributed by atoms with Gasteiger partial charge in [0.05, 0.1) is 6.61 Å². The molecular formula is C9H20O2. The maximum atomic E-state index is 9.03. The Morgan fingerprint density at radius 2 is 1.91 bits per heavy atom. The van der Waals surface area contributed by atoms with Crippen LogP contribution in [0.15, 0.2) is 0 Å². The third kappa shape index (κ3) is 7.82. The maximum Gasteiger partial charge on any atom is 0.154 e. The van der Waals surface area contributed by atoms with Crippen molar-refractivity contribution in [2.75, 3.05) is 6.61 Å². The summed E-state index contributed by atoms with van der Waals surface area (Å²) in [6.07, 6.45) is 1.09. The van der Waals surface area contributed by atoms with Crippen molar-refractivity contribution in [3.05, 3.63) is 0 Å². The van der Waals surface area contributed by atoms with Crippen molar-refractivity contribution >= 4 is 0 Å². The van der Waals surface area contributed by atoms with E-state index >= 15 is 0 Å². The van der Waals surface area contributed by atoms with Crippen LogP contribution in [0.4, 0.5) is 0 Å². The summed E-state index contributed by atoms with van der Waals surface area (Å²) in [6, 6.07) is 0. The molecule has 0 bridgehead atoms. The van der Waals surface area contributed by atoms with Crippen LogP contribution >= 0.6 is 0 Å².